The Kier molecular flexibility index (Phi) is 7.26. The van der Waals surface area contributed by atoms with E-state index >= 15 is 0 Å². The second-order valence-electron chi connectivity index (χ2n) is 11.5. The van der Waals surface area contributed by atoms with E-state index in [1.807, 2.05) is 54.3 Å². The molecule has 6 heteroatoms. The lowest BCUT2D eigenvalue weighted by Crippen LogP contribution is -2.55. The Morgan fingerprint density at radius 3 is 2.17 bits per heavy atom. The van der Waals surface area contributed by atoms with Crippen molar-refractivity contribution in [2.45, 2.75) is 52.0 Å². The van der Waals surface area contributed by atoms with E-state index in [4.69, 9.17) is 4.74 Å². The first-order chi connectivity index (χ1) is 19.5. The summed E-state index contributed by atoms with van der Waals surface area (Å²) in [5.74, 6) is -0.803. The molecule has 41 heavy (non-hydrogen) atoms. The van der Waals surface area contributed by atoms with Crippen molar-refractivity contribution < 1.29 is 19.1 Å². The van der Waals surface area contributed by atoms with Gasteiger partial charge in [-0.25, -0.2) is 4.79 Å². The fourth-order valence-corrected chi connectivity index (χ4v) is 6.07. The van der Waals surface area contributed by atoms with Crippen LogP contribution in [0.5, 0.6) is 5.75 Å². The van der Waals surface area contributed by atoms with Crippen LogP contribution >= 0.6 is 0 Å². The molecule has 5 rings (SSSR count). The number of anilines is 2. The van der Waals surface area contributed by atoms with Crippen molar-refractivity contribution in [1.82, 2.24) is 0 Å². The summed E-state index contributed by atoms with van der Waals surface area (Å²) in [7, 11) is 0. The predicted octanol–water partition coefficient (Wildman–Crippen LogP) is 7.31. The summed E-state index contributed by atoms with van der Waals surface area (Å²) in [6.07, 6.45) is 0.700. The summed E-state index contributed by atoms with van der Waals surface area (Å²) < 4.78 is 5.63. The van der Waals surface area contributed by atoms with E-state index in [1.54, 1.807) is 49.4 Å². The van der Waals surface area contributed by atoms with Crippen LogP contribution in [0.2, 0.25) is 0 Å². The maximum Gasteiger partial charge on any atom is 0.343 e. The molecule has 1 atom stereocenters. The number of carbonyl (C=O) groups is 3. The number of nitrogens with zero attached hydrogens (tertiary/aromatic N) is 1. The minimum absolute atomic E-state index is 0.0348. The van der Waals surface area contributed by atoms with Gasteiger partial charge in [0, 0.05) is 29.3 Å². The SMILES string of the molecule is CC(=O)N1c2ccc(NC(=O)c3ccccc3OC(=O)c3ccc(C)cc3)cc2C(C)(c2ccccc2)CC1(C)C. The highest BCUT2D eigenvalue weighted by Gasteiger charge is 2.47. The largest absolute Gasteiger partial charge is 0.422 e. The van der Waals surface area contributed by atoms with Gasteiger partial charge in [0.15, 0.2) is 0 Å². The quantitative estimate of drug-likeness (QED) is 0.210. The maximum atomic E-state index is 13.5. The molecule has 4 aromatic carbocycles. The number of rotatable bonds is 5. The molecular weight excluding hydrogens is 512 g/mol. The standard InChI is InChI=1S/C35H34N2O4/c1-23-15-17-25(18-16-23)33(40)41-31-14-10-9-13-28(31)32(39)36-27-19-20-30-29(21-27)35(5,26-11-7-6-8-12-26)22-34(3,4)37(30)24(2)38/h6-21H,22H2,1-5H3,(H,36,39). The molecule has 1 N–H and O–H groups in total. The van der Waals surface area contributed by atoms with Crippen molar-refractivity contribution in [2.24, 2.45) is 0 Å². The zero-order valence-corrected chi connectivity index (χ0v) is 24.0. The fourth-order valence-electron chi connectivity index (χ4n) is 6.07. The molecule has 1 aliphatic heterocycles. The molecule has 1 aliphatic rings. The molecule has 1 unspecified atom stereocenters. The molecule has 0 saturated carbocycles. The van der Waals surface area contributed by atoms with Gasteiger partial charge in [0.2, 0.25) is 5.91 Å². The number of aryl methyl sites for hydroxylation is 1. The predicted molar refractivity (Wildman–Crippen MR) is 162 cm³/mol. The molecule has 0 aliphatic carbocycles. The van der Waals surface area contributed by atoms with Crippen LogP contribution in [0.3, 0.4) is 0 Å². The third-order valence-corrected chi connectivity index (χ3v) is 7.83. The molecule has 6 nitrogen and oxygen atoms in total. The summed E-state index contributed by atoms with van der Waals surface area (Å²) in [6.45, 7) is 9.88. The van der Waals surface area contributed by atoms with Crippen LogP contribution in [0.4, 0.5) is 11.4 Å². The average Bonchev–Trinajstić information content (AvgIpc) is 2.94. The first kappa shape index (κ1) is 27.8. The number of hydrogen-bond acceptors (Lipinski definition) is 4. The zero-order valence-electron chi connectivity index (χ0n) is 24.0. The highest BCUT2D eigenvalue weighted by Crippen LogP contribution is 2.51. The van der Waals surface area contributed by atoms with Crippen LogP contribution in [0.15, 0.2) is 97.1 Å². The van der Waals surface area contributed by atoms with E-state index in [2.05, 4.69) is 38.2 Å². The minimum atomic E-state index is -0.537. The van der Waals surface area contributed by atoms with Gasteiger partial charge in [0.1, 0.15) is 5.75 Å². The van der Waals surface area contributed by atoms with Gasteiger partial charge in [0.25, 0.3) is 5.91 Å². The number of para-hydroxylation sites is 1. The molecule has 0 aromatic heterocycles. The lowest BCUT2D eigenvalue weighted by atomic mass is 9.65. The Balaban J connectivity index is 1.49. The van der Waals surface area contributed by atoms with E-state index in [1.165, 1.54) is 0 Å². The van der Waals surface area contributed by atoms with Gasteiger partial charge in [-0.3, -0.25) is 9.59 Å². The number of esters is 1. The molecule has 1 heterocycles. The topological polar surface area (TPSA) is 75.7 Å². The third kappa shape index (κ3) is 5.38. The summed E-state index contributed by atoms with van der Waals surface area (Å²) in [6, 6.07) is 29.6. The normalized spacial score (nSPS) is 17.3. The Morgan fingerprint density at radius 1 is 0.829 bits per heavy atom. The zero-order chi connectivity index (χ0) is 29.4. The van der Waals surface area contributed by atoms with Gasteiger partial charge < -0.3 is 15.0 Å². The van der Waals surface area contributed by atoms with Crippen molar-refractivity contribution in [3.63, 3.8) is 0 Å². The van der Waals surface area contributed by atoms with Crippen molar-refractivity contribution >= 4 is 29.2 Å². The first-order valence-corrected chi connectivity index (χ1v) is 13.7. The smallest absolute Gasteiger partial charge is 0.343 e. The van der Waals surface area contributed by atoms with E-state index in [9.17, 15) is 14.4 Å². The average molecular weight is 547 g/mol. The highest BCUT2D eigenvalue weighted by molar-refractivity contribution is 6.07. The lowest BCUT2D eigenvalue weighted by Gasteiger charge is -2.51. The van der Waals surface area contributed by atoms with E-state index in [-0.39, 0.29) is 17.2 Å². The summed E-state index contributed by atoms with van der Waals surface area (Å²) >= 11 is 0. The van der Waals surface area contributed by atoms with Gasteiger partial charge in [-0.1, -0.05) is 67.1 Å². The molecule has 2 amide bonds. The molecule has 0 spiro atoms. The second kappa shape index (κ2) is 10.7. The summed E-state index contributed by atoms with van der Waals surface area (Å²) in [4.78, 5) is 41.0. The monoisotopic (exact) mass is 546 g/mol. The Hall–Kier alpha value is -4.71. The van der Waals surface area contributed by atoms with Crippen LogP contribution < -0.4 is 15.0 Å². The molecule has 4 aromatic rings. The van der Waals surface area contributed by atoms with Crippen LogP contribution in [-0.2, 0) is 10.2 Å². The second-order valence-corrected chi connectivity index (χ2v) is 11.5. The van der Waals surface area contributed by atoms with Crippen LogP contribution in [0.25, 0.3) is 0 Å². The molecule has 0 radical (unpaired) electrons. The van der Waals surface area contributed by atoms with E-state index < -0.39 is 22.8 Å². The number of ether oxygens (including phenoxy) is 1. The lowest BCUT2D eigenvalue weighted by molar-refractivity contribution is -0.117. The number of hydrogen-bond donors (Lipinski definition) is 1. The Morgan fingerprint density at radius 2 is 1.49 bits per heavy atom. The minimum Gasteiger partial charge on any atom is -0.422 e. The molecule has 0 bridgehead atoms. The van der Waals surface area contributed by atoms with Crippen molar-refractivity contribution in [3.05, 3.63) is 125 Å². The van der Waals surface area contributed by atoms with Crippen LogP contribution in [0, 0.1) is 6.92 Å². The molecule has 0 saturated heterocycles. The van der Waals surface area contributed by atoms with Crippen LogP contribution in [-0.4, -0.2) is 23.3 Å². The maximum absolute atomic E-state index is 13.5. The first-order valence-electron chi connectivity index (χ1n) is 13.7. The van der Waals surface area contributed by atoms with Gasteiger partial charge in [-0.2, -0.15) is 0 Å². The molecule has 208 valence electrons. The number of nitrogens with one attached hydrogen (secondary N) is 1. The number of fused-ring (bicyclic) bond motifs is 1. The number of amides is 2. The van der Waals surface area contributed by atoms with Gasteiger partial charge in [-0.05, 0) is 80.8 Å². The number of benzene rings is 4. The molecular formula is C35H34N2O4. The Bertz CT molecular complexity index is 1630. The van der Waals surface area contributed by atoms with Gasteiger partial charge in [0.05, 0.1) is 11.1 Å². The third-order valence-electron chi connectivity index (χ3n) is 7.83. The van der Waals surface area contributed by atoms with Crippen molar-refractivity contribution in [3.8, 4) is 5.75 Å². The summed E-state index contributed by atoms with van der Waals surface area (Å²) in [5, 5.41) is 2.99. The van der Waals surface area contributed by atoms with Crippen LogP contribution in [0.1, 0.15) is 71.5 Å². The van der Waals surface area contributed by atoms with Crippen molar-refractivity contribution in [2.75, 3.05) is 10.2 Å². The van der Waals surface area contributed by atoms with Gasteiger partial charge in [-0.15, -0.1) is 0 Å². The van der Waals surface area contributed by atoms with E-state index in [0.29, 0.717) is 17.7 Å². The van der Waals surface area contributed by atoms with E-state index in [0.717, 1.165) is 22.4 Å². The number of carbonyl (C=O) groups excluding carboxylic acids is 3. The van der Waals surface area contributed by atoms with Crippen molar-refractivity contribution in [1.29, 1.82) is 0 Å². The van der Waals surface area contributed by atoms with Gasteiger partial charge >= 0.3 is 5.97 Å². The molecule has 0 fully saturated rings. The Labute approximate surface area is 241 Å². The summed E-state index contributed by atoms with van der Waals surface area (Å²) in [5.41, 5.74) is 4.34. The highest BCUT2D eigenvalue weighted by atomic mass is 16.5. The fraction of sp³-hybridized carbons (Fsp3) is 0.229.